The Morgan fingerprint density at radius 3 is 2.68 bits per heavy atom. The maximum Gasteiger partial charge on any atom is 0.330 e. The first-order chi connectivity index (χ1) is 13.5. The zero-order chi connectivity index (χ0) is 19.3. The second-order valence-corrected chi connectivity index (χ2v) is 12.0. The van der Waals surface area contributed by atoms with Gasteiger partial charge in [0.25, 0.3) is 0 Å². The summed E-state index contributed by atoms with van der Waals surface area (Å²) in [6.45, 7) is 9.32. The summed E-state index contributed by atoms with van der Waals surface area (Å²) in [4.78, 5) is 12.1. The summed E-state index contributed by atoms with van der Waals surface area (Å²) in [6.07, 6.45) is 14.3. The van der Waals surface area contributed by atoms with Gasteiger partial charge in [-0.15, -0.1) is 0 Å². The van der Waals surface area contributed by atoms with Gasteiger partial charge in [0.05, 0.1) is 6.61 Å². The first-order valence-electron chi connectivity index (χ1n) is 12.3. The first kappa shape index (κ1) is 18.0. The van der Waals surface area contributed by atoms with Crippen molar-refractivity contribution in [3.05, 3.63) is 12.7 Å². The van der Waals surface area contributed by atoms with Crippen molar-refractivity contribution < 1.29 is 9.53 Å². The quantitative estimate of drug-likeness (QED) is 0.326. The molecule has 0 aromatic rings. The van der Waals surface area contributed by atoms with Gasteiger partial charge in [-0.05, 0) is 104 Å². The highest BCUT2D eigenvalue weighted by atomic mass is 16.5. The van der Waals surface area contributed by atoms with E-state index >= 15 is 0 Å². The van der Waals surface area contributed by atoms with Gasteiger partial charge in [-0.3, -0.25) is 0 Å². The molecule has 0 aromatic carbocycles. The summed E-state index contributed by atoms with van der Waals surface area (Å²) in [5.41, 5.74) is 0.862. The molecular formula is C26H38O2. The van der Waals surface area contributed by atoms with Crippen LogP contribution in [0.4, 0.5) is 0 Å². The molecule has 0 N–H and O–H groups in total. The van der Waals surface area contributed by atoms with Gasteiger partial charge in [-0.25, -0.2) is 4.79 Å². The average molecular weight is 383 g/mol. The fraction of sp³-hybridized carbons (Fsp3) is 0.885. The molecule has 6 aliphatic carbocycles. The molecule has 154 valence electrons. The monoisotopic (exact) mass is 382 g/mol. The lowest BCUT2D eigenvalue weighted by atomic mass is 9.50. The Bertz CT molecular complexity index is 699. The number of rotatable bonds is 6. The largest absolute Gasteiger partial charge is 0.462 e. The molecule has 6 bridgehead atoms. The van der Waals surface area contributed by atoms with Crippen molar-refractivity contribution in [2.45, 2.75) is 71.6 Å². The molecule has 11 atom stereocenters. The Kier molecular flexibility index (Phi) is 3.79. The number of carbonyl (C=O) groups excluding carboxylic acids is 1. The van der Waals surface area contributed by atoms with E-state index in [0.29, 0.717) is 17.4 Å². The molecule has 0 amide bonds. The third kappa shape index (κ3) is 2.04. The van der Waals surface area contributed by atoms with E-state index in [4.69, 9.17) is 4.74 Å². The van der Waals surface area contributed by atoms with Gasteiger partial charge in [-0.1, -0.05) is 33.3 Å². The standard InChI is InChI=1S/C26H38O2/c1-4-6-9-25(3)12-17-11-19(25)24-22(17)18-13-26(24,14-28-20(27)5-2)23-16-8-7-15(10-16)21(18)23/h5,15-19,21-24H,2,4,6-14H2,1,3H3. The molecule has 11 unspecified atom stereocenters. The van der Waals surface area contributed by atoms with Gasteiger partial charge in [-0.2, -0.15) is 0 Å². The van der Waals surface area contributed by atoms with Crippen LogP contribution in [0.2, 0.25) is 0 Å². The number of esters is 1. The van der Waals surface area contributed by atoms with Gasteiger partial charge in [0.2, 0.25) is 0 Å². The molecule has 2 nitrogen and oxygen atoms in total. The summed E-state index contributed by atoms with van der Waals surface area (Å²) in [5.74, 6) is 8.21. The smallest absolute Gasteiger partial charge is 0.330 e. The number of hydrogen-bond donors (Lipinski definition) is 0. The van der Waals surface area contributed by atoms with Crippen LogP contribution in [0.1, 0.15) is 71.6 Å². The van der Waals surface area contributed by atoms with Crippen LogP contribution < -0.4 is 0 Å². The second-order valence-electron chi connectivity index (χ2n) is 12.0. The zero-order valence-corrected chi connectivity index (χ0v) is 17.9. The van der Waals surface area contributed by atoms with Crippen LogP contribution in [-0.2, 0) is 9.53 Å². The number of carbonyl (C=O) groups is 1. The first-order valence-corrected chi connectivity index (χ1v) is 12.3. The molecule has 2 heteroatoms. The SMILES string of the molecule is C=CC(=O)OCC12CC(C3C4CCC(C4)C31)C1C3CC(C12)C(C)(CCCC)C3. The van der Waals surface area contributed by atoms with Gasteiger partial charge >= 0.3 is 5.97 Å². The van der Waals surface area contributed by atoms with E-state index in [2.05, 4.69) is 20.4 Å². The Balaban J connectivity index is 1.37. The van der Waals surface area contributed by atoms with Crippen molar-refractivity contribution in [1.29, 1.82) is 0 Å². The van der Waals surface area contributed by atoms with E-state index in [0.717, 1.165) is 53.3 Å². The molecule has 6 aliphatic rings. The molecule has 0 radical (unpaired) electrons. The summed E-state index contributed by atoms with van der Waals surface area (Å²) in [5, 5.41) is 0. The highest BCUT2D eigenvalue weighted by molar-refractivity contribution is 5.81. The maximum atomic E-state index is 12.1. The van der Waals surface area contributed by atoms with Crippen molar-refractivity contribution in [2.75, 3.05) is 6.61 Å². The summed E-state index contributed by atoms with van der Waals surface area (Å²) >= 11 is 0. The number of fused-ring (bicyclic) bond motifs is 16. The lowest BCUT2D eigenvalue weighted by Gasteiger charge is -2.54. The predicted octanol–water partition coefficient (Wildman–Crippen LogP) is 5.87. The van der Waals surface area contributed by atoms with Gasteiger partial charge < -0.3 is 4.74 Å². The minimum absolute atomic E-state index is 0.196. The topological polar surface area (TPSA) is 26.3 Å². The van der Waals surface area contributed by atoms with Crippen molar-refractivity contribution in [2.24, 2.45) is 64.1 Å². The van der Waals surface area contributed by atoms with Crippen LogP contribution in [0.5, 0.6) is 0 Å². The van der Waals surface area contributed by atoms with Crippen molar-refractivity contribution in [3.8, 4) is 0 Å². The Labute approximate surface area is 170 Å². The fourth-order valence-electron chi connectivity index (χ4n) is 10.9. The highest BCUT2D eigenvalue weighted by Crippen LogP contribution is 2.83. The zero-order valence-electron chi connectivity index (χ0n) is 17.9. The Morgan fingerprint density at radius 2 is 1.89 bits per heavy atom. The molecule has 0 spiro atoms. The van der Waals surface area contributed by atoms with Crippen LogP contribution in [0.25, 0.3) is 0 Å². The minimum Gasteiger partial charge on any atom is -0.462 e. The van der Waals surface area contributed by atoms with Crippen molar-refractivity contribution in [3.63, 3.8) is 0 Å². The van der Waals surface area contributed by atoms with E-state index in [1.165, 1.54) is 63.9 Å². The third-order valence-corrected chi connectivity index (χ3v) is 11.2. The van der Waals surface area contributed by atoms with E-state index in [1.807, 2.05) is 0 Å². The molecule has 6 rings (SSSR count). The lowest BCUT2D eigenvalue weighted by Crippen LogP contribution is -2.52. The number of unbranched alkanes of at least 4 members (excludes halogenated alkanes) is 1. The summed E-state index contributed by atoms with van der Waals surface area (Å²) < 4.78 is 5.92. The number of ether oxygens (including phenoxy) is 1. The van der Waals surface area contributed by atoms with Gasteiger partial charge in [0.15, 0.2) is 0 Å². The van der Waals surface area contributed by atoms with Crippen molar-refractivity contribution >= 4 is 5.97 Å². The van der Waals surface area contributed by atoms with Crippen LogP contribution in [-0.4, -0.2) is 12.6 Å². The molecule has 0 saturated heterocycles. The summed E-state index contributed by atoms with van der Waals surface area (Å²) in [6, 6.07) is 0. The van der Waals surface area contributed by atoms with Crippen LogP contribution in [0, 0.1) is 64.1 Å². The normalized spacial score (nSPS) is 56.9. The van der Waals surface area contributed by atoms with Gasteiger partial charge in [0, 0.05) is 11.5 Å². The van der Waals surface area contributed by atoms with Crippen LogP contribution in [0.3, 0.4) is 0 Å². The van der Waals surface area contributed by atoms with E-state index in [-0.39, 0.29) is 5.97 Å². The third-order valence-electron chi connectivity index (χ3n) is 11.2. The highest BCUT2D eigenvalue weighted by Gasteiger charge is 2.78. The minimum atomic E-state index is -0.196. The Hall–Kier alpha value is -0.790. The molecule has 0 aliphatic heterocycles. The van der Waals surface area contributed by atoms with Gasteiger partial charge in [0.1, 0.15) is 0 Å². The lowest BCUT2D eigenvalue weighted by molar-refractivity contribution is -0.150. The average Bonchev–Trinajstić information content (AvgIpc) is 3.49. The molecule has 6 saturated carbocycles. The molecule has 28 heavy (non-hydrogen) atoms. The fourth-order valence-corrected chi connectivity index (χ4v) is 10.9. The Morgan fingerprint density at radius 1 is 1.11 bits per heavy atom. The van der Waals surface area contributed by atoms with E-state index in [1.54, 1.807) is 0 Å². The molecule has 0 heterocycles. The predicted molar refractivity (Wildman–Crippen MR) is 110 cm³/mol. The molecule has 6 fully saturated rings. The second kappa shape index (κ2) is 5.88. The van der Waals surface area contributed by atoms with E-state index in [9.17, 15) is 4.79 Å². The van der Waals surface area contributed by atoms with Crippen LogP contribution in [0.15, 0.2) is 12.7 Å². The summed E-state index contributed by atoms with van der Waals surface area (Å²) in [7, 11) is 0. The molecule has 0 aromatic heterocycles. The van der Waals surface area contributed by atoms with Crippen LogP contribution >= 0.6 is 0 Å². The van der Waals surface area contributed by atoms with Crippen molar-refractivity contribution in [1.82, 2.24) is 0 Å². The number of hydrogen-bond acceptors (Lipinski definition) is 2. The van der Waals surface area contributed by atoms with E-state index < -0.39 is 0 Å². The maximum absolute atomic E-state index is 12.1. The molecular weight excluding hydrogens is 344 g/mol.